The highest BCUT2D eigenvalue weighted by Gasteiger charge is 2.37. The fourth-order valence-electron chi connectivity index (χ4n) is 3.61. The van der Waals surface area contributed by atoms with E-state index in [0.717, 1.165) is 11.1 Å². The Morgan fingerprint density at radius 1 is 1.06 bits per heavy atom. The molecule has 2 aromatic rings. The number of allylic oxidation sites excluding steroid dienone is 1. The monoisotopic (exact) mass is 435 g/mol. The number of rotatable bonds is 8. The minimum absolute atomic E-state index is 0.208. The molecule has 0 saturated carbocycles. The molecule has 168 valence electrons. The van der Waals surface area contributed by atoms with Crippen molar-refractivity contribution in [3.05, 3.63) is 76.5 Å². The van der Waals surface area contributed by atoms with Gasteiger partial charge in [-0.15, -0.1) is 0 Å². The summed E-state index contributed by atoms with van der Waals surface area (Å²) < 4.78 is 16.4. The number of ether oxygens (including phenoxy) is 3. The maximum absolute atomic E-state index is 13.1. The molecule has 2 aromatic carbocycles. The van der Waals surface area contributed by atoms with Gasteiger partial charge in [-0.1, -0.05) is 50.2 Å². The highest BCUT2D eigenvalue weighted by molar-refractivity contribution is 6.16. The van der Waals surface area contributed by atoms with Crippen molar-refractivity contribution >= 4 is 18.0 Å². The van der Waals surface area contributed by atoms with Crippen LogP contribution in [0.4, 0.5) is 0 Å². The summed E-state index contributed by atoms with van der Waals surface area (Å²) in [5.41, 5.74) is 2.98. The smallest absolute Gasteiger partial charge is 0.340 e. The van der Waals surface area contributed by atoms with Gasteiger partial charge >= 0.3 is 5.97 Å². The standard InChI is InChI=1S/C26H29NO5/c1-17(2)15-27-18(3)24(26(29)31-5)21(25(27)28)13-20-11-12-22(23(14-20)30-4)32-16-19-9-7-6-8-10-19/h6-14,17H,15-16H2,1-5H3/b21-13-. The zero-order chi connectivity index (χ0) is 23.3. The average Bonchev–Trinajstić information content (AvgIpc) is 3.02. The molecular formula is C26H29NO5. The molecule has 0 radical (unpaired) electrons. The van der Waals surface area contributed by atoms with Gasteiger partial charge in [0.2, 0.25) is 0 Å². The summed E-state index contributed by atoms with van der Waals surface area (Å²) in [5.74, 6) is 0.661. The fourth-order valence-corrected chi connectivity index (χ4v) is 3.61. The lowest BCUT2D eigenvalue weighted by atomic mass is 10.0. The molecule has 6 heteroatoms. The lowest BCUT2D eigenvalue weighted by Crippen LogP contribution is -2.28. The number of methoxy groups -OCH3 is 2. The van der Waals surface area contributed by atoms with Gasteiger partial charge in [0.05, 0.1) is 25.4 Å². The van der Waals surface area contributed by atoms with E-state index in [1.165, 1.54) is 7.11 Å². The van der Waals surface area contributed by atoms with Gasteiger partial charge in [0.1, 0.15) is 6.61 Å². The van der Waals surface area contributed by atoms with Gasteiger partial charge in [-0.05, 0) is 42.2 Å². The maximum Gasteiger partial charge on any atom is 0.340 e. The van der Waals surface area contributed by atoms with Gasteiger partial charge in [0, 0.05) is 12.2 Å². The summed E-state index contributed by atoms with van der Waals surface area (Å²) in [4.78, 5) is 27.2. The summed E-state index contributed by atoms with van der Waals surface area (Å²) >= 11 is 0. The number of carbonyl (C=O) groups excluding carboxylic acids is 2. The molecule has 1 aliphatic rings. The Balaban J connectivity index is 1.91. The van der Waals surface area contributed by atoms with Crippen LogP contribution in [-0.4, -0.2) is 37.5 Å². The van der Waals surface area contributed by atoms with Crippen LogP contribution < -0.4 is 9.47 Å². The predicted molar refractivity (Wildman–Crippen MR) is 123 cm³/mol. The van der Waals surface area contributed by atoms with Crippen molar-refractivity contribution in [3.8, 4) is 11.5 Å². The molecule has 32 heavy (non-hydrogen) atoms. The molecule has 0 atom stereocenters. The number of carbonyl (C=O) groups is 2. The van der Waals surface area contributed by atoms with Crippen LogP contribution in [0.2, 0.25) is 0 Å². The van der Waals surface area contributed by atoms with Crippen LogP contribution in [0.25, 0.3) is 6.08 Å². The van der Waals surface area contributed by atoms with E-state index in [2.05, 4.69) is 0 Å². The van der Waals surface area contributed by atoms with Crippen LogP contribution in [0.1, 0.15) is 31.9 Å². The SMILES string of the molecule is COC(=O)C1=C(C)N(CC(C)C)C(=O)/C1=C\c1ccc(OCc2ccccc2)c(OC)c1. The van der Waals surface area contributed by atoms with Gasteiger partial charge in [0.15, 0.2) is 11.5 Å². The fraction of sp³-hybridized carbons (Fsp3) is 0.308. The van der Waals surface area contributed by atoms with Gasteiger partial charge in [-0.3, -0.25) is 4.79 Å². The lowest BCUT2D eigenvalue weighted by molar-refractivity contribution is -0.136. The zero-order valence-corrected chi connectivity index (χ0v) is 19.2. The number of amides is 1. The molecule has 0 fully saturated rings. The van der Waals surface area contributed by atoms with Crippen molar-refractivity contribution in [1.29, 1.82) is 0 Å². The highest BCUT2D eigenvalue weighted by Crippen LogP contribution is 2.34. The second kappa shape index (κ2) is 10.2. The van der Waals surface area contributed by atoms with Crippen LogP contribution >= 0.6 is 0 Å². The number of nitrogens with zero attached hydrogens (tertiary/aromatic N) is 1. The van der Waals surface area contributed by atoms with Crippen LogP contribution in [0.15, 0.2) is 65.4 Å². The first-order valence-electron chi connectivity index (χ1n) is 10.5. The quantitative estimate of drug-likeness (QED) is 0.448. The van der Waals surface area contributed by atoms with E-state index < -0.39 is 5.97 Å². The van der Waals surface area contributed by atoms with Crippen molar-refractivity contribution in [1.82, 2.24) is 4.90 Å². The second-order valence-corrected chi connectivity index (χ2v) is 8.00. The Morgan fingerprint density at radius 2 is 1.78 bits per heavy atom. The normalized spacial score (nSPS) is 15.0. The Hall–Kier alpha value is -3.54. The summed E-state index contributed by atoms with van der Waals surface area (Å²) in [6, 6.07) is 15.3. The van der Waals surface area contributed by atoms with Crippen molar-refractivity contribution in [2.45, 2.75) is 27.4 Å². The minimum atomic E-state index is -0.525. The molecule has 3 rings (SSSR count). The first kappa shape index (κ1) is 23.1. The van der Waals surface area contributed by atoms with E-state index >= 15 is 0 Å². The van der Waals surface area contributed by atoms with E-state index in [9.17, 15) is 9.59 Å². The van der Waals surface area contributed by atoms with Crippen LogP contribution in [0.3, 0.4) is 0 Å². The third-order valence-corrected chi connectivity index (χ3v) is 5.18. The number of benzene rings is 2. The molecule has 1 aliphatic heterocycles. The van der Waals surface area contributed by atoms with Crippen molar-refractivity contribution in [2.24, 2.45) is 5.92 Å². The topological polar surface area (TPSA) is 65.1 Å². The first-order valence-corrected chi connectivity index (χ1v) is 10.5. The Labute approximate surface area is 189 Å². The predicted octanol–water partition coefficient (Wildman–Crippen LogP) is 4.60. The van der Waals surface area contributed by atoms with E-state index in [1.807, 2.05) is 50.2 Å². The van der Waals surface area contributed by atoms with Crippen molar-refractivity contribution in [2.75, 3.05) is 20.8 Å². The molecule has 0 aromatic heterocycles. The van der Waals surface area contributed by atoms with Gasteiger partial charge < -0.3 is 19.1 Å². The second-order valence-electron chi connectivity index (χ2n) is 8.00. The van der Waals surface area contributed by atoms with E-state index in [4.69, 9.17) is 14.2 Å². The van der Waals surface area contributed by atoms with Crippen LogP contribution in [-0.2, 0) is 20.9 Å². The summed E-state index contributed by atoms with van der Waals surface area (Å²) in [6.07, 6.45) is 1.70. The number of hydrogen-bond acceptors (Lipinski definition) is 5. The van der Waals surface area contributed by atoms with Crippen LogP contribution in [0.5, 0.6) is 11.5 Å². The summed E-state index contributed by atoms with van der Waals surface area (Å²) in [5, 5.41) is 0. The zero-order valence-electron chi connectivity index (χ0n) is 19.2. The minimum Gasteiger partial charge on any atom is -0.493 e. The molecule has 0 spiro atoms. The molecule has 1 amide bonds. The lowest BCUT2D eigenvalue weighted by Gasteiger charge is -2.19. The average molecular weight is 436 g/mol. The number of esters is 1. The molecule has 6 nitrogen and oxygen atoms in total. The summed E-state index contributed by atoms with van der Waals surface area (Å²) in [7, 11) is 2.88. The van der Waals surface area contributed by atoms with Gasteiger partial charge in [-0.2, -0.15) is 0 Å². The van der Waals surface area contributed by atoms with E-state index in [-0.39, 0.29) is 11.8 Å². The molecule has 0 bridgehead atoms. The summed E-state index contributed by atoms with van der Waals surface area (Å²) in [6.45, 7) is 6.76. The largest absolute Gasteiger partial charge is 0.493 e. The van der Waals surface area contributed by atoms with Gasteiger partial charge in [0.25, 0.3) is 5.91 Å². The molecular weight excluding hydrogens is 406 g/mol. The third kappa shape index (κ3) is 5.02. The van der Waals surface area contributed by atoms with E-state index in [1.54, 1.807) is 37.1 Å². The maximum atomic E-state index is 13.1. The number of hydrogen-bond donors (Lipinski definition) is 0. The Morgan fingerprint density at radius 3 is 2.41 bits per heavy atom. The molecule has 0 aliphatic carbocycles. The van der Waals surface area contributed by atoms with Gasteiger partial charge in [-0.25, -0.2) is 4.79 Å². The molecule has 1 heterocycles. The third-order valence-electron chi connectivity index (χ3n) is 5.18. The Bertz CT molecular complexity index is 1050. The molecule has 0 saturated heterocycles. The van der Waals surface area contributed by atoms with Crippen molar-refractivity contribution in [3.63, 3.8) is 0 Å². The molecule has 0 unspecified atom stereocenters. The molecule has 0 N–H and O–H groups in total. The highest BCUT2D eigenvalue weighted by atomic mass is 16.5. The van der Waals surface area contributed by atoms with Crippen LogP contribution in [0, 0.1) is 5.92 Å². The Kier molecular flexibility index (Phi) is 7.36. The van der Waals surface area contributed by atoms with Crippen molar-refractivity contribution < 1.29 is 23.8 Å². The van der Waals surface area contributed by atoms with E-state index in [0.29, 0.717) is 41.5 Å². The first-order chi connectivity index (χ1) is 15.3.